The minimum atomic E-state index is -4.64. The number of carbonyl (C=O) groups excluding carboxylic acids is 2. The van der Waals surface area contributed by atoms with Crippen LogP contribution in [0.2, 0.25) is 10.0 Å². The number of anilines is 1. The Morgan fingerprint density at radius 1 is 1.03 bits per heavy atom. The van der Waals surface area contributed by atoms with Crippen LogP contribution in [-0.4, -0.2) is 47.7 Å². The number of aliphatic hydroxyl groups is 1. The molecule has 3 N–H and O–H groups in total. The van der Waals surface area contributed by atoms with Gasteiger partial charge in [0.1, 0.15) is 0 Å². The molecule has 39 heavy (non-hydrogen) atoms. The molecule has 0 aromatic heterocycles. The predicted molar refractivity (Wildman–Crippen MR) is 145 cm³/mol. The van der Waals surface area contributed by atoms with Gasteiger partial charge in [-0.25, -0.2) is 5.43 Å². The summed E-state index contributed by atoms with van der Waals surface area (Å²) in [5.74, 6) is -1.21. The van der Waals surface area contributed by atoms with Crippen LogP contribution in [0.3, 0.4) is 0 Å². The molecule has 0 heterocycles. The van der Waals surface area contributed by atoms with Crippen LogP contribution in [0.1, 0.15) is 44.3 Å². The van der Waals surface area contributed by atoms with Gasteiger partial charge in [0.05, 0.1) is 34.7 Å². The second-order valence-corrected chi connectivity index (χ2v) is 9.21. The molecule has 12 heteroatoms. The average molecular weight is 581 g/mol. The second kappa shape index (κ2) is 13.6. The summed E-state index contributed by atoms with van der Waals surface area (Å²) in [6, 6.07) is 14.4. The molecule has 0 aliphatic carbocycles. The van der Waals surface area contributed by atoms with Crippen molar-refractivity contribution in [1.82, 2.24) is 10.3 Å². The maximum absolute atomic E-state index is 13.1. The molecule has 2 amide bonds. The van der Waals surface area contributed by atoms with E-state index in [4.69, 9.17) is 28.3 Å². The number of hydrazone groups is 1. The Morgan fingerprint density at radius 2 is 1.74 bits per heavy atom. The third-order valence-electron chi connectivity index (χ3n) is 5.64. The molecule has 0 saturated heterocycles. The first-order valence-corrected chi connectivity index (χ1v) is 12.5. The Kier molecular flexibility index (Phi) is 10.5. The molecule has 0 aliphatic rings. The zero-order chi connectivity index (χ0) is 28.6. The summed E-state index contributed by atoms with van der Waals surface area (Å²) in [4.78, 5) is 27.7. The number of nitrogens with one attached hydrogen (secondary N) is 2. The van der Waals surface area contributed by atoms with Gasteiger partial charge in [0.25, 0.3) is 11.8 Å². The van der Waals surface area contributed by atoms with Gasteiger partial charge in [0.2, 0.25) is 0 Å². The number of likely N-dealkylation sites (N-methyl/N-ethyl adjacent to an activating group) is 1. The van der Waals surface area contributed by atoms with Gasteiger partial charge in [0.15, 0.2) is 0 Å². The lowest BCUT2D eigenvalue weighted by atomic mass is 10.1. The summed E-state index contributed by atoms with van der Waals surface area (Å²) >= 11 is 11.7. The molecule has 3 aromatic rings. The number of alkyl halides is 3. The number of hydrogen-bond donors (Lipinski definition) is 3. The Labute approximate surface area is 233 Å². The molecule has 3 rings (SSSR count). The summed E-state index contributed by atoms with van der Waals surface area (Å²) < 4.78 is 39.2. The fourth-order valence-corrected chi connectivity index (χ4v) is 3.98. The SMILES string of the molecule is CCN(CCO)Cc1ccc(C(=O)Nc2ccc(Cl)cc2C(=O)NN=Cc2ccc(Cl)c(C(F)(F)F)c2)cc1. The molecule has 0 fully saturated rings. The second-order valence-electron chi connectivity index (χ2n) is 8.37. The lowest BCUT2D eigenvalue weighted by molar-refractivity contribution is -0.137. The first-order chi connectivity index (χ1) is 18.5. The van der Waals surface area contributed by atoms with E-state index in [2.05, 4.69) is 20.7 Å². The molecular formula is C27H25Cl2F3N4O3. The highest BCUT2D eigenvalue weighted by Gasteiger charge is 2.33. The number of benzene rings is 3. The number of hydrogen-bond acceptors (Lipinski definition) is 5. The fraction of sp³-hybridized carbons (Fsp3) is 0.222. The highest BCUT2D eigenvalue weighted by molar-refractivity contribution is 6.31. The van der Waals surface area contributed by atoms with Crippen LogP contribution in [-0.2, 0) is 12.7 Å². The van der Waals surface area contributed by atoms with Crippen LogP contribution in [0.4, 0.5) is 18.9 Å². The van der Waals surface area contributed by atoms with Gasteiger partial charge < -0.3 is 10.4 Å². The zero-order valence-electron chi connectivity index (χ0n) is 20.7. The van der Waals surface area contributed by atoms with Crippen molar-refractivity contribution in [3.63, 3.8) is 0 Å². The van der Waals surface area contributed by atoms with E-state index < -0.39 is 28.6 Å². The van der Waals surface area contributed by atoms with Crippen molar-refractivity contribution < 1.29 is 27.9 Å². The Balaban J connectivity index is 1.71. The number of nitrogens with zero attached hydrogens (tertiary/aromatic N) is 2. The predicted octanol–water partition coefficient (Wildman–Crippen LogP) is 5.84. The summed E-state index contributed by atoms with van der Waals surface area (Å²) in [5.41, 5.74) is 2.74. The molecular weight excluding hydrogens is 556 g/mol. The topological polar surface area (TPSA) is 94.0 Å². The lowest BCUT2D eigenvalue weighted by Gasteiger charge is -2.19. The first-order valence-electron chi connectivity index (χ1n) is 11.7. The number of rotatable bonds is 10. The fourth-order valence-electron chi connectivity index (χ4n) is 3.58. The zero-order valence-corrected chi connectivity index (χ0v) is 22.2. The van der Waals surface area contributed by atoms with Crippen LogP contribution in [0.15, 0.2) is 65.8 Å². The van der Waals surface area contributed by atoms with E-state index in [9.17, 15) is 22.8 Å². The summed E-state index contributed by atoms with van der Waals surface area (Å²) in [7, 11) is 0. The quantitative estimate of drug-likeness (QED) is 0.207. The molecule has 0 bridgehead atoms. The van der Waals surface area contributed by atoms with Crippen molar-refractivity contribution in [1.29, 1.82) is 0 Å². The molecule has 0 radical (unpaired) electrons. The average Bonchev–Trinajstić information content (AvgIpc) is 2.90. The standard InChI is InChI=1S/C27H25Cl2F3N4O3/c1-2-36(11-12-37)16-17-3-6-19(7-4-17)25(38)34-24-10-8-20(28)14-21(24)26(39)35-33-15-18-5-9-23(29)22(13-18)27(30,31)32/h3-10,13-15,37H,2,11-12,16H2,1H3,(H,34,38)(H,35,39). The highest BCUT2D eigenvalue weighted by Crippen LogP contribution is 2.34. The number of halogens is 5. The van der Waals surface area contributed by atoms with E-state index in [0.717, 1.165) is 30.5 Å². The maximum Gasteiger partial charge on any atom is 0.417 e. The largest absolute Gasteiger partial charge is 0.417 e. The lowest BCUT2D eigenvalue weighted by Crippen LogP contribution is -2.26. The summed E-state index contributed by atoms with van der Waals surface area (Å²) in [6.45, 7) is 3.97. The minimum Gasteiger partial charge on any atom is -0.395 e. The molecule has 0 saturated carbocycles. The monoisotopic (exact) mass is 580 g/mol. The molecule has 0 atom stereocenters. The van der Waals surface area contributed by atoms with Crippen molar-refractivity contribution in [3.05, 3.63) is 98.5 Å². The molecule has 0 spiro atoms. The van der Waals surface area contributed by atoms with Gasteiger partial charge >= 0.3 is 6.18 Å². The first kappa shape index (κ1) is 30.1. The summed E-state index contributed by atoms with van der Waals surface area (Å²) in [6.07, 6.45) is -3.61. The van der Waals surface area contributed by atoms with Gasteiger partial charge in [-0.15, -0.1) is 0 Å². The molecule has 0 aliphatic heterocycles. The maximum atomic E-state index is 13.1. The van der Waals surface area contributed by atoms with E-state index >= 15 is 0 Å². The van der Waals surface area contributed by atoms with E-state index in [1.54, 1.807) is 24.3 Å². The van der Waals surface area contributed by atoms with Crippen molar-refractivity contribution in [3.8, 4) is 0 Å². The van der Waals surface area contributed by atoms with Gasteiger partial charge in [-0.3, -0.25) is 14.5 Å². The molecule has 0 unspecified atom stereocenters. The minimum absolute atomic E-state index is 0.000650. The van der Waals surface area contributed by atoms with Crippen molar-refractivity contribution in [2.75, 3.05) is 25.0 Å². The van der Waals surface area contributed by atoms with E-state index in [-0.39, 0.29) is 28.4 Å². The van der Waals surface area contributed by atoms with Gasteiger partial charge in [-0.2, -0.15) is 18.3 Å². The van der Waals surface area contributed by atoms with Gasteiger partial charge in [0, 0.05) is 23.7 Å². The normalized spacial score (nSPS) is 11.7. The van der Waals surface area contributed by atoms with Gasteiger partial charge in [-0.05, 0) is 60.1 Å². The Hall–Kier alpha value is -3.44. The molecule has 7 nitrogen and oxygen atoms in total. The molecule has 3 aromatic carbocycles. The number of amides is 2. The van der Waals surface area contributed by atoms with E-state index in [0.29, 0.717) is 18.7 Å². The van der Waals surface area contributed by atoms with Crippen molar-refractivity contribution >= 4 is 46.9 Å². The van der Waals surface area contributed by atoms with Gasteiger partial charge in [-0.1, -0.05) is 48.3 Å². The number of aliphatic hydroxyl groups excluding tert-OH is 1. The molecule has 206 valence electrons. The van der Waals surface area contributed by atoms with Crippen LogP contribution >= 0.6 is 23.2 Å². The van der Waals surface area contributed by atoms with E-state index in [1.165, 1.54) is 24.3 Å². The van der Waals surface area contributed by atoms with Crippen molar-refractivity contribution in [2.24, 2.45) is 5.10 Å². The third-order valence-corrected chi connectivity index (χ3v) is 6.20. The van der Waals surface area contributed by atoms with Crippen LogP contribution < -0.4 is 10.7 Å². The number of carbonyl (C=O) groups is 2. The summed E-state index contributed by atoms with van der Waals surface area (Å²) in [5, 5.41) is 15.3. The van der Waals surface area contributed by atoms with Crippen LogP contribution in [0, 0.1) is 0 Å². The van der Waals surface area contributed by atoms with Crippen LogP contribution in [0.5, 0.6) is 0 Å². The van der Waals surface area contributed by atoms with E-state index in [1.807, 2.05) is 6.92 Å². The van der Waals surface area contributed by atoms with Crippen molar-refractivity contribution in [2.45, 2.75) is 19.6 Å². The Bertz CT molecular complexity index is 1350. The highest BCUT2D eigenvalue weighted by atomic mass is 35.5. The smallest absolute Gasteiger partial charge is 0.395 e. The third kappa shape index (κ3) is 8.52. The Morgan fingerprint density at radius 3 is 2.38 bits per heavy atom. The van der Waals surface area contributed by atoms with Crippen LogP contribution in [0.25, 0.3) is 0 Å².